The van der Waals surface area contributed by atoms with Gasteiger partial charge in [0.25, 0.3) is 0 Å². The van der Waals surface area contributed by atoms with Crippen LogP contribution in [0.3, 0.4) is 0 Å². The van der Waals surface area contributed by atoms with E-state index in [4.69, 9.17) is 16.3 Å². The Bertz CT molecular complexity index is 921. The summed E-state index contributed by atoms with van der Waals surface area (Å²) in [4.78, 5) is 14.9. The highest BCUT2D eigenvalue weighted by Gasteiger charge is 2.24. The summed E-state index contributed by atoms with van der Waals surface area (Å²) < 4.78 is 7.42. The van der Waals surface area contributed by atoms with Crippen molar-refractivity contribution in [1.29, 1.82) is 0 Å². The van der Waals surface area contributed by atoms with E-state index in [0.29, 0.717) is 23.9 Å². The van der Waals surface area contributed by atoms with E-state index in [0.717, 1.165) is 28.6 Å². The maximum absolute atomic E-state index is 12.8. The molecule has 0 spiro atoms. The van der Waals surface area contributed by atoms with Crippen molar-refractivity contribution in [3.05, 3.63) is 59.2 Å². The highest BCUT2D eigenvalue weighted by atomic mass is 35.5. The molecule has 0 aliphatic heterocycles. The minimum atomic E-state index is -0.305. The van der Waals surface area contributed by atoms with Crippen molar-refractivity contribution >= 4 is 40.7 Å². The molecule has 3 rings (SSSR count). The van der Waals surface area contributed by atoms with Gasteiger partial charge in [0.2, 0.25) is 0 Å². The third-order valence-electron chi connectivity index (χ3n) is 4.32. The Morgan fingerprint density at radius 2 is 1.81 bits per heavy atom. The Hall–Kier alpha value is -2.01. The average Bonchev–Trinajstić information content (AvgIpc) is 2.94. The van der Waals surface area contributed by atoms with Crippen molar-refractivity contribution in [1.82, 2.24) is 9.47 Å². The zero-order valence-corrected chi connectivity index (χ0v) is 17.3. The summed E-state index contributed by atoms with van der Waals surface area (Å²) >= 11 is 6.27. The van der Waals surface area contributed by atoms with Gasteiger partial charge in [-0.05, 0) is 38.7 Å². The van der Waals surface area contributed by atoms with Gasteiger partial charge in [0.15, 0.2) is 0 Å². The van der Waals surface area contributed by atoms with E-state index < -0.39 is 0 Å². The van der Waals surface area contributed by atoms with Gasteiger partial charge >= 0.3 is 5.97 Å². The first-order chi connectivity index (χ1) is 12.5. The lowest BCUT2D eigenvalue weighted by Gasteiger charge is -2.16. The van der Waals surface area contributed by atoms with Gasteiger partial charge in [0.1, 0.15) is 5.69 Å². The van der Waals surface area contributed by atoms with E-state index in [1.54, 1.807) is 0 Å². The van der Waals surface area contributed by atoms with Gasteiger partial charge in [-0.1, -0.05) is 48.0 Å². The Morgan fingerprint density at radius 1 is 1.11 bits per heavy atom. The topological polar surface area (TPSA) is 34.5 Å². The Morgan fingerprint density at radius 3 is 2.44 bits per heavy atom. The predicted molar refractivity (Wildman–Crippen MR) is 114 cm³/mol. The number of hydrogen-bond donors (Lipinski definition) is 0. The van der Waals surface area contributed by atoms with Crippen LogP contribution in [-0.4, -0.2) is 42.7 Å². The molecule has 0 aliphatic carbocycles. The molecular weight excluding hydrogens is 383 g/mol. The Kier molecular flexibility index (Phi) is 7.31. The van der Waals surface area contributed by atoms with Crippen molar-refractivity contribution in [2.45, 2.75) is 13.5 Å². The van der Waals surface area contributed by atoms with E-state index in [9.17, 15) is 4.79 Å². The van der Waals surface area contributed by atoms with Gasteiger partial charge in [-0.25, -0.2) is 4.79 Å². The standard InChI is InChI=1S/C21H23ClN2O2.ClH/c1-4-26-21(25)20-17-11-10-16(22)14-18(17)19(15-8-6-5-7-9-15)24(20)13-12-23(2)3;/h5-11,14H,4,12-13H2,1-3H3;1H. The predicted octanol–water partition coefficient (Wildman–Crippen LogP) is 5.12. The van der Waals surface area contributed by atoms with Crippen LogP contribution in [0.1, 0.15) is 17.4 Å². The number of benzene rings is 2. The first-order valence-corrected chi connectivity index (χ1v) is 9.09. The van der Waals surface area contributed by atoms with Crippen LogP contribution in [0, 0.1) is 0 Å². The van der Waals surface area contributed by atoms with Crippen molar-refractivity contribution in [3.8, 4) is 11.3 Å². The van der Waals surface area contributed by atoms with E-state index in [2.05, 4.69) is 21.6 Å². The van der Waals surface area contributed by atoms with Crippen molar-refractivity contribution in [2.75, 3.05) is 27.2 Å². The molecule has 0 atom stereocenters. The smallest absolute Gasteiger partial charge is 0.355 e. The Balaban J connectivity index is 0.00000261. The van der Waals surface area contributed by atoms with Crippen LogP contribution in [0.25, 0.3) is 22.0 Å². The number of likely N-dealkylation sites (N-methyl/N-ethyl adjacent to an activating group) is 1. The molecule has 0 bridgehead atoms. The van der Waals surface area contributed by atoms with E-state index in [-0.39, 0.29) is 18.4 Å². The van der Waals surface area contributed by atoms with Crippen LogP contribution in [-0.2, 0) is 11.3 Å². The molecule has 27 heavy (non-hydrogen) atoms. The number of carbonyl (C=O) groups is 1. The fourth-order valence-electron chi connectivity index (χ4n) is 3.17. The van der Waals surface area contributed by atoms with E-state index in [1.165, 1.54) is 0 Å². The summed E-state index contributed by atoms with van der Waals surface area (Å²) in [5.74, 6) is -0.305. The van der Waals surface area contributed by atoms with Crippen LogP contribution >= 0.6 is 24.0 Å². The zero-order chi connectivity index (χ0) is 18.7. The molecule has 144 valence electrons. The highest BCUT2D eigenvalue weighted by Crippen LogP contribution is 2.36. The summed E-state index contributed by atoms with van der Waals surface area (Å²) in [5.41, 5.74) is 2.63. The maximum Gasteiger partial charge on any atom is 0.355 e. The molecule has 1 aromatic heterocycles. The van der Waals surface area contributed by atoms with Gasteiger partial charge < -0.3 is 14.2 Å². The van der Waals surface area contributed by atoms with Crippen LogP contribution < -0.4 is 0 Å². The minimum Gasteiger partial charge on any atom is -0.461 e. The van der Waals surface area contributed by atoms with Gasteiger partial charge in [-0.3, -0.25) is 0 Å². The van der Waals surface area contributed by atoms with Gasteiger partial charge in [-0.15, -0.1) is 12.4 Å². The molecule has 0 amide bonds. The maximum atomic E-state index is 12.8. The second-order valence-electron chi connectivity index (χ2n) is 6.43. The number of nitrogens with zero attached hydrogens (tertiary/aromatic N) is 2. The molecule has 1 heterocycles. The second kappa shape index (κ2) is 9.27. The normalized spacial score (nSPS) is 10.9. The summed E-state index contributed by atoms with van der Waals surface area (Å²) in [6.07, 6.45) is 0. The van der Waals surface area contributed by atoms with Crippen LogP contribution in [0.4, 0.5) is 0 Å². The average molecular weight is 407 g/mol. The lowest BCUT2D eigenvalue weighted by atomic mass is 10.1. The van der Waals surface area contributed by atoms with Crippen molar-refractivity contribution in [3.63, 3.8) is 0 Å². The van der Waals surface area contributed by atoms with E-state index in [1.807, 2.05) is 57.4 Å². The van der Waals surface area contributed by atoms with Crippen LogP contribution in [0.2, 0.25) is 5.02 Å². The molecule has 0 saturated carbocycles. The molecule has 0 saturated heterocycles. The fraction of sp³-hybridized carbons (Fsp3) is 0.286. The van der Waals surface area contributed by atoms with Gasteiger partial charge in [-0.2, -0.15) is 0 Å². The quantitative estimate of drug-likeness (QED) is 0.532. The second-order valence-corrected chi connectivity index (χ2v) is 6.86. The molecule has 6 heteroatoms. The number of aromatic nitrogens is 1. The molecule has 4 nitrogen and oxygen atoms in total. The lowest BCUT2D eigenvalue weighted by molar-refractivity contribution is 0.0516. The van der Waals surface area contributed by atoms with Crippen molar-refractivity contribution < 1.29 is 9.53 Å². The lowest BCUT2D eigenvalue weighted by Crippen LogP contribution is -2.22. The Labute approximate surface area is 171 Å². The molecule has 2 aromatic carbocycles. The molecule has 0 radical (unpaired) electrons. The number of esters is 1. The number of rotatable bonds is 6. The monoisotopic (exact) mass is 406 g/mol. The number of hydrogen-bond acceptors (Lipinski definition) is 3. The summed E-state index contributed by atoms with van der Waals surface area (Å²) in [6.45, 7) is 3.65. The third kappa shape index (κ3) is 4.46. The zero-order valence-electron chi connectivity index (χ0n) is 15.7. The first-order valence-electron chi connectivity index (χ1n) is 8.72. The van der Waals surface area contributed by atoms with E-state index >= 15 is 0 Å². The molecular formula is C21H24Cl2N2O2. The number of carbonyl (C=O) groups excluding carboxylic acids is 1. The summed E-state index contributed by atoms with van der Waals surface area (Å²) in [5, 5.41) is 2.48. The molecule has 3 aromatic rings. The molecule has 0 fully saturated rings. The number of fused-ring (bicyclic) bond motifs is 1. The summed E-state index contributed by atoms with van der Waals surface area (Å²) in [6, 6.07) is 15.7. The van der Waals surface area contributed by atoms with Crippen LogP contribution in [0.5, 0.6) is 0 Å². The van der Waals surface area contributed by atoms with Crippen molar-refractivity contribution in [2.24, 2.45) is 0 Å². The summed E-state index contributed by atoms with van der Waals surface area (Å²) in [7, 11) is 4.04. The van der Waals surface area contributed by atoms with Gasteiger partial charge in [0.05, 0.1) is 12.3 Å². The molecule has 0 unspecified atom stereocenters. The van der Waals surface area contributed by atoms with Crippen LogP contribution in [0.15, 0.2) is 48.5 Å². The number of ether oxygens (including phenoxy) is 1. The third-order valence-corrected chi connectivity index (χ3v) is 4.55. The molecule has 0 aliphatic rings. The van der Waals surface area contributed by atoms with Gasteiger partial charge in [0, 0.05) is 28.9 Å². The fourth-order valence-corrected chi connectivity index (χ4v) is 3.34. The highest BCUT2D eigenvalue weighted by molar-refractivity contribution is 6.31. The first kappa shape index (κ1) is 21.3. The molecule has 0 N–H and O–H groups in total. The largest absolute Gasteiger partial charge is 0.461 e. The minimum absolute atomic E-state index is 0. The number of halogens is 2. The SMILES string of the molecule is CCOC(=O)c1c2ccc(Cl)cc2c(-c2ccccc2)n1CCN(C)C.Cl.